The van der Waals surface area contributed by atoms with Crippen LogP contribution in [0.4, 0.5) is 0 Å². The average molecular weight is 294 g/mol. The summed E-state index contributed by atoms with van der Waals surface area (Å²) in [4.78, 5) is 36.9. The first-order valence-electron chi connectivity index (χ1n) is 6.76. The van der Waals surface area contributed by atoms with E-state index in [9.17, 15) is 9.59 Å². The van der Waals surface area contributed by atoms with Gasteiger partial charge in [-0.1, -0.05) is 0 Å². The van der Waals surface area contributed by atoms with Crippen LogP contribution in [0.5, 0.6) is 0 Å². The summed E-state index contributed by atoms with van der Waals surface area (Å²) in [7, 11) is 1.65. The minimum absolute atomic E-state index is 0.121. The Hall–Kier alpha value is -2.89. The number of carbonyl (C=O) groups excluding carboxylic acids is 1. The van der Waals surface area contributed by atoms with Crippen molar-refractivity contribution in [1.29, 1.82) is 0 Å². The third kappa shape index (κ3) is 2.18. The van der Waals surface area contributed by atoms with Crippen LogP contribution in [0.2, 0.25) is 0 Å². The molecule has 0 radical (unpaired) electrons. The van der Waals surface area contributed by atoms with Gasteiger partial charge >= 0.3 is 0 Å². The van der Waals surface area contributed by atoms with Crippen LogP contribution in [0.25, 0.3) is 22.3 Å². The zero-order valence-electron chi connectivity index (χ0n) is 12.5. The van der Waals surface area contributed by atoms with Crippen molar-refractivity contribution >= 4 is 16.7 Å². The lowest BCUT2D eigenvalue weighted by Gasteiger charge is -2.11. The number of fused-ring (bicyclic) bond motifs is 1. The van der Waals surface area contributed by atoms with Crippen LogP contribution in [0.3, 0.4) is 0 Å². The van der Waals surface area contributed by atoms with Gasteiger partial charge in [-0.3, -0.25) is 14.2 Å². The van der Waals surface area contributed by atoms with Crippen LogP contribution in [-0.4, -0.2) is 25.3 Å². The van der Waals surface area contributed by atoms with Gasteiger partial charge in [0.15, 0.2) is 5.78 Å². The maximum absolute atomic E-state index is 12.6. The van der Waals surface area contributed by atoms with Crippen molar-refractivity contribution in [1.82, 2.24) is 19.5 Å². The zero-order chi connectivity index (χ0) is 15.9. The van der Waals surface area contributed by atoms with Crippen LogP contribution in [0.15, 0.2) is 35.6 Å². The Morgan fingerprint density at radius 1 is 1.18 bits per heavy atom. The highest BCUT2D eigenvalue weighted by atomic mass is 16.1. The van der Waals surface area contributed by atoms with Crippen molar-refractivity contribution in [2.45, 2.75) is 13.8 Å². The van der Waals surface area contributed by atoms with E-state index in [-0.39, 0.29) is 11.3 Å². The Morgan fingerprint density at radius 2 is 1.86 bits per heavy atom. The number of aryl methyl sites for hydroxylation is 1. The number of benzene rings is 1. The van der Waals surface area contributed by atoms with E-state index in [1.54, 1.807) is 31.6 Å². The quantitative estimate of drug-likeness (QED) is 0.675. The number of hydrogen-bond donors (Lipinski definition) is 0. The first-order valence-corrected chi connectivity index (χ1v) is 6.76. The lowest BCUT2D eigenvalue weighted by Crippen LogP contribution is -2.21. The molecule has 110 valence electrons. The summed E-state index contributed by atoms with van der Waals surface area (Å²) in [5.74, 6) is 0.314. The number of hydrogen-bond acceptors (Lipinski definition) is 5. The third-order valence-electron chi connectivity index (χ3n) is 3.52. The Bertz CT molecular complexity index is 946. The van der Waals surface area contributed by atoms with Gasteiger partial charge in [-0.05, 0) is 31.5 Å². The van der Waals surface area contributed by atoms with Crippen molar-refractivity contribution < 1.29 is 4.79 Å². The highest BCUT2D eigenvalue weighted by Gasteiger charge is 2.15. The van der Waals surface area contributed by atoms with Crippen molar-refractivity contribution in [2.75, 3.05) is 0 Å². The molecule has 0 spiro atoms. The minimum atomic E-state index is -0.199. The molecule has 2 heterocycles. The molecule has 0 aliphatic carbocycles. The Kier molecular flexibility index (Phi) is 3.29. The summed E-state index contributed by atoms with van der Waals surface area (Å²) in [5, 5.41) is 0.438. The van der Waals surface area contributed by atoms with Crippen LogP contribution in [0, 0.1) is 6.92 Å². The summed E-state index contributed by atoms with van der Waals surface area (Å²) in [5.41, 5.74) is 2.15. The monoisotopic (exact) mass is 294 g/mol. The zero-order valence-corrected chi connectivity index (χ0v) is 12.5. The van der Waals surface area contributed by atoms with Gasteiger partial charge in [0.05, 0.1) is 16.5 Å². The average Bonchev–Trinajstić information content (AvgIpc) is 2.51. The highest BCUT2D eigenvalue weighted by Crippen LogP contribution is 2.21. The molecule has 0 unspecified atom stereocenters. The van der Waals surface area contributed by atoms with Gasteiger partial charge in [0, 0.05) is 25.0 Å². The Balaban J connectivity index is 2.46. The molecule has 6 nitrogen and oxygen atoms in total. The van der Waals surface area contributed by atoms with Gasteiger partial charge in [0.25, 0.3) is 5.56 Å². The summed E-state index contributed by atoms with van der Waals surface area (Å²) in [6.07, 6.45) is 4.58. The maximum atomic E-state index is 12.6. The van der Waals surface area contributed by atoms with E-state index in [1.165, 1.54) is 17.8 Å². The molecular weight excluding hydrogens is 280 g/mol. The molecule has 0 bridgehead atoms. The van der Waals surface area contributed by atoms with Gasteiger partial charge in [-0.15, -0.1) is 0 Å². The van der Waals surface area contributed by atoms with E-state index < -0.39 is 0 Å². The van der Waals surface area contributed by atoms with Crippen LogP contribution in [-0.2, 0) is 7.05 Å². The van der Waals surface area contributed by atoms with Gasteiger partial charge < -0.3 is 0 Å². The summed E-state index contributed by atoms with van der Waals surface area (Å²) in [6, 6.07) is 3.50. The highest BCUT2D eigenvalue weighted by molar-refractivity contribution is 6.05. The normalized spacial score (nSPS) is 10.9. The predicted octanol–water partition coefficient (Wildman–Crippen LogP) is 1.90. The molecule has 6 heteroatoms. The second-order valence-electron chi connectivity index (χ2n) is 5.19. The van der Waals surface area contributed by atoms with Gasteiger partial charge in [0.1, 0.15) is 12.2 Å². The SMILES string of the molecule is CC(=O)c1cc(C)cc2c(=O)n(C)c(-c3cncnc3)nc12. The number of Topliss-reactive ketones (excluding diaryl/α,β-unsaturated/α-hetero) is 1. The third-order valence-corrected chi connectivity index (χ3v) is 3.52. The number of aromatic nitrogens is 4. The van der Waals surface area contributed by atoms with Gasteiger partial charge in [-0.25, -0.2) is 15.0 Å². The Labute approximate surface area is 126 Å². The molecule has 3 rings (SSSR count). The van der Waals surface area contributed by atoms with Crippen LogP contribution >= 0.6 is 0 Å². The predicted molar refractivity (Wildman–Crippen MR) is 82.8 cm³/mol. The summed E-state index contributed by atoms with van der Waals surface area (Å²) >= 11 is 0. The van der Waals surface area contributed by atoms with Crippen LogP contribution in [0.1, 0.15) is 22.8 Å². The standard InChI is InChI=1S/C16H14N4O2/c1-9-4-12(10(2)21)14-13(5-9)16(22)20(3)15(19-14)11-6-17-8-18-7-11/h4-8H,1-3H3. The smallest absolute Gasteiger partial charge is 0.261 e. The van der Waals surface area contributed by atoms with E-state index in [0.717, 1.165) is 5.56 Å². The lowest BCUT2D eigenvalue weighted by molar-refractivity contribution is 0.101. The van der Waals surface area contributed by atoms with Crippen molar-refractivity contribution in [3.8, 4) is 11.4 Å². The molecule has 22 heavy (non-hydrogen) atoms. The first-order chi connectivity index (χ1) is 10.5. The van der Waals surface area contributed by atoms with E-state index in [4.69, 9.17) is 0 Å². The maximum Gasteiger partial charge on any atom is 0.261 e. The van der Waals surface area contributed by atoms with Crippen LogP contribution < -0.4 is 5.56 Å². The number of ketones is 1. The van der Waals surface area contributed by atoms with Crippen molar-refractivity contribution in [3.05, 3.63) is 52.3 Å². The topological polar surface area (TPSA) is 77.7 Å². The lowest BCUT2D eigenvalue weighted by atomic mass is 10.0. The first kappa shape index (κ1) is 14.1. The second kappa shape index (κ2) is 5.14. The van der Waals surface area contributed by atoms with E-state index >= 15 is 0 Å². The summed E-state index contributed by atoms with van der Waals surface area (Å²) < 4.78 is 1.45. The Morgan fingerprint density at radius 3 is 2.50 bits per heavy atom. The molecule has 3 aromatic rings. The fourth-order valence-electron chi connectivity index (χ4n) is 2.46. The van der Waals surface area contributed by atoms with E-state index in [2.05, 4.69) is 15.0 Å². The molecule has 0 saturated heterocycles. The van der Waals surface area contributed by atoms with E-state index in [0.29, 0.717) is 27.9 Å². The van der Waals surface area contributed by atoms with Crippen molar-refractivity contribution in [3.63, 3.8) is 0 Å². The van der Waals surface area contributed by atoms with Crippen molar-refractivity contribution in [2.24, 2.45) is 7.05 Å². The molecule has 2 aromatic heterocycles. The number of nitrogens with zero attached hydrogens (tertiary/aromatic N) is 4. The van der Waals surface area contributed by atoms with Gasteiger partial charge in [0.2, 0.25) is 0 Å². The molecule has 0 saturated carbocycles. The molecular formula is C16H14N4O2. The fourth-order valence-corrected chi connectivity index (χ4v) is 2.46. The fraction of sp³-hybridized carbons (Fsp3) is 0.188. The molecule has 0 aliphatic rings. The van der Waals surface area contributed by atoms with Gasteiger partial charge in [-0.2, -0.15) is 0 Å². The molecule has 0 N–H and O–H groups in total. The molecule has 0 aliphatic heterocycles. The molecule has 0 fully saturated rings. The molecule has 1 aromatic carbocycles. The second-order valence-corrected chi connectivity index (χ2v) is 5.19. The van der Waals surface area contributed by atoms with E-state index in [1.807, 2.05) is 6.92 Å². The largest absolute Gasteiger partial charge is 0.295 e. The molecule has 0 atom stereocenters. The number of carbonyl (C=O) groups is 1. The molecule has 0 amide bonds. The number of rotatable bonds is 2. The summed E-state index contributed by atoms with van der Waals surface area (Å²) in [6.45, 7) is 3.32. The minimum Gasteiger partial charge on any atom is -0.295 e.